The van der Waals surface area contributed by atoms with Crippen LogP contribution in [0.25, 0.3) is 0 Å². The molecule has 1 aromatic heterocycles. The zero-order chi connectivity index (χ0) is 15.3. The molecule has 0 saturated carbocycles. The van der Waals surface area contributed by atoms with E-state index >= 15 is 0 Å². The van der Waals surface area contributed by atoms with Gasteiger partial charge in [0.15, 0.2) is 0 Å². The Labute approximate surface area is 140 Å². The van der Waals surface area contributed by atoms with Gasteiger partial charge in [-0.1, -0.05) is 0 Å². The van der Waals surface area contributed by atoms with Gasteiger partial charge in [-0.25, -0.2) is 4.79 Å². The van der Waals surface area contributed by atoms with Crippen LogP contribution in [0.4, 0.5) is 4.79 Å². The zero-order valence-electron chi connectivity index (χ0n) is 12.0. The predicted molar refractivity (Wildman–Crippen MR) is 90.3 cm³/mol. The highest BCUT2D eigenvalue weighted by molar-refractivity contribution is 9.13. The monoisotopic (exact) mass is 426 g/mol. The van der Waals surface area contributed by atoms with Gasteiger partial charge in [0.1, 0.15) is 5.60 Å². The van der Waals surface area contributed by atoms with Crippen molar-refractivity contribution in [3.63, 3.8) is 0 Å². The smallest absolute Gasteiger partial charge is 0.407 e. The van der Waals surface area contributed by atoms with Crippen LogP contribution in [0.15, 0.2) is 14.3 Å². The fourth-order valence-electron chi connectivity index (χ4n) is 1.38. The molecular formula is C13H20Br2N2O2S. The maximum Gasteiger partial charge on any atom is 0.407 e. The number of hydrogen-bond acceptors (Lipinski definition) is 4. The van der Waals surface area contributed by atoms with E-state index in [-0.39, 0.29) is 12.1 Å². The number of nitrogens with one attached hydrogen (secondary N) is 2. The summed E-state index contributed by atoms with van der Waals surface area (Å²) in [5.74, 6) is 0. The maximum absolute atomic E-state index is 11.5. The summed E-state index contributed by atoms with van der Waals surface area (Å²) in [6.07, 6.45) is -0.382. The lowest BCUT2D eigenvalue weighted by atomic mass is 10.2. The van der Waals surface area contributed by atoms with E-state index in [1.54, 1.807) is 11.3 Å². The molecule has 7 heteroatoms. The molecule has 4 nitrogen and oxygen atoms in total. The second kappa shape index (κ2) is 7.77. The lowest BCUT2D eigenvalue weighted by molar-refractivity contribution is 0.0523. The molecule has 0 aliphatic heterocycles. The van der Waals surface area contributed by atoms with Gasteiger partial charge in [0.25, 0.3) is 0 Å². The standard InChI is InChI=1S/C13H20Br2N2O2S/c1-8(6-17-12(18)19-13(2,3)4)16-7-9-5-10(14)11(15)20-9/h5,8,16H,6-7H2,1-4H3,(H,17,18). The first-order valence-electron chi connectivity index (χ1n) is 6.31. The summed E-state index contributed by atoms with van der Waals surface area (Å²) in [7, 11) is 0. The van der Waals surface area contributed by atoms with Crippen molar-refractivity contribution < 1.29 is 9.53 Å². The van der Waals surface area contributed by atoms with Gasteiger partial charge in [0, 0.05) is 28.5 Å². The van der Waals surface area contributed by atoms with Gasteiger partial charge in [0.05, 0.1) is 3.79 Å². The van der Waals surface area contributed by atoms with Gasteiger partial charge in [-0.05, 0) is 65.6 Å². The summed E-state index contributed by atoms with van der Waals surface area (Å²) in [5.41, 5.74) is -0.462. The molecule has 0 spiro atoms. The Hall–Kier alpha value is -0.110. The second-order valence-electron chi connectivity index (χ2n) is 5.50. The van der Waals surface area contributed by atoms with E-state index in [1.165, 1.54) is 4.88 Å². The molecule has 1 atom stereocenters. The van der Waals surface area contributed by atoms with Crippen LogP contribution in [0.5, 0.6) is 0 Å². The molecule has 0 aliphatic rings. The average Bonchev–Trinajstić information content (AvgIpc) is 2.61. The average molecular weight is 428 g/mol. The van der Waals surface area contributed by atoms with Crippen molar-refractivity contribution >= 4 is 49.3 Å². The molecule has 0 bridgehead atoms. The Morgan fingerprint density at radius 2 is 2.10 bits per heavy atom. The van der Waals surface area contributed by atoms with Crippen LogP contribution in [0.3, 0.4) is 0 Å². The number of carbonyl (C=O) groups is 1. The lowest BCUT2D eigenvalue weighted by Crippen LogP contribution is -2.40. The van der Waals surface area contributed by atoms with Crippen molar-refractivity contribution in [3.05, 3.63) is 19.2 Å². The number of amides is 1. The number of alkyl carbamates (subject to hydrolysis) is 1. The molecule has 1 rings (SSSR count). The van der Waals surface area contributed by atoms with Crippen molar-refractivity contribution in [1.82, 2.24) is 10.6 Å². The van der Waals surface area contributed by atoms with Crippen molar-refractivity contribution in [2.45, 2.75) is 45.9 Å². The Morgan fingerprint density at radius 3 is 2.60 bits per heavy atom. The van der Waals surface area contributed by atoms with Gasteiger partial charge < -0.3 is 15.4 Å². The summed E-state index contributed by atoms with van der Waals surface area (Å²) in [6, 6.07) is 2.25. The number of carbonyl (C=O) groups excluding carboxylic acids is 1. The summed E-state index contributed by atoms with van der Waals surface area (Å²) < 4.78 is 7.34. The summed E-state index contributed by atoms with van der Waals surface area (Å²) in [5, 5.41) is 6.11. The van der Waals surface area contributed by atoms with Crippen molar-refractivity contribution in [3.8, 4) is 0 Å². The highest BCUT2D eigenvalue weighted by Gasteiger charge is 2.16. The lowest BCUT2D eigenvalue weighted by Gasteiger charge is -2.21. The van der Waals surface area contributed by atoms with E-state index in [4.69, 9.17) is 4.74 Å². The highest BCUT2D eigenvalue weighted by Crippen LogP contribution is 2.32. The van der Waals surface area contributed by atoms with Crippen LogP contribution in [-0.2, 0) is 11.3 Å². The summed E-state index contributed by atoms with van der Waals surface area (Å²) in [6.45, 7) is 8.87. The van der Waals surface area contributed by atoms with E-state index in [0.29, 0.717) is 6.54 Å². The van der Waals surface area contributed by atoms with Crippen LogP contribution in [0.1, 0.15) is 32.6 Å². The molecule has 0 fully saturated rings. The molecule has 0 radical (unpaired) electrons. The topological polar surface area (TPSA) is 50.4 Å². The van der Waals surface area contributed by atoms with Crippen LogP contribution >= 0.6 is 43.2 Å². The maximum atomic E-state index is 11.5. The largest absolute Gasteiger partial charge is 0.444 e. The quantitative estimate of drug-likeness (QED) is 0.737. The number of rotatable bonds is 5. The Balaban J connectivity index is 2.27. The highest BCUT2D eigenvalue weighted by atomic mass is 79.9. The van der Waals surface area contributed by atoms with E-state index in [2.05, 4.69) is 48.6 Å². The zero-order valence-corrected chi connectivity index (χ0v) is 16.0. The molecule has 1 aromatic rings. The minimum Gasteiger partial charge on any atom is -0.444 e. The van der Waals surface area contributed by atoms with Gasteiger partial charge in [-0.3, -0.25) is 0 Å². The molecule has 1 heterocycles. The first-order chi connectivity index (χ1) is 9.17. The number of thiophene rings is 1. The summed E-state index contributed by atoms with van der Waals surface area (Å²) in [4.78, 5) is 12.7. The first kappa shape index (κ1) is 17.9. The van der Waals surface area contributed by atoms with Gasteiger partial charge in [-0.15, -0.1) is 11.3 Å². The Kier molecular flexibility index (Phi) is 6.97. The molecule has 20 heavy (non-hydrogen) atoms. The van der Waals surface area contributed by atoms with Gasteiger partial charge >= 0.3 is 6.09 Å². The van der Waals surface area contributed by atoms with Crippen molar-refractivity contribution in [2.75, 3.05) is 6.54 Å². The number of hydrogen-bond donors (Lipinski definition) is 2. The second-order valence-corrected chi connectivity index (χ2v) is 8.81. The minimum atomic E-state index is -0.462. The molecule has 114 valence electrons. The fourth-order valence-corrected chi connectivity index (χ4v) is 3.50. The molecule has 2 N–H and O–H groups in total. The predicted octanol–water partition coefficient (Wildman–Crippen LogP) is 4.28. The molecular weight excluding hydrogens is 408 g/mol. The third kappa shape index (κ3) is 7.06. The van der Waals surface area contributed by atoms with Crippen LogP contribution in [0.2, 0.25) is 0 Å². The number of ether oxygens (including phenoxy) is 1. The molecule has 0 saturated heterocycles. The van der Waals surface area contributed by atoms with Crippen molar-refractivity contribution in [2.24, 2.45) is 0 Å². The molecule has 1 amide bonds. The first-order valence-corrected chi connectivity index (χ1v) is 8.71. The van der Waals surface area contributed by atoms with Gasteiger partial charge in [-0.2, -0.15) is 0 Å². The van der Waals surface area contributed by atoms with E-state index < -0.39 is 5.60 Å². The van der Waals surface area contributed by atoms with E-state index in [0.717, 1.165) is 14.8 Å². The SMILES string of the molecule is CC(CNC(=O)OC(C)(C)C)NCc1cc(Br)c(Br)s1. The van der Waals surface area contributed by atoms with Crippen LogP contribution < -0.4 is 10.6 Å². The normalized spacial score (nSPS) is 13.1. The Bertz CT molecular complexity index is 438. The molecule has 0 aliphatic carbocycles. The fraction of sp³-hybridized carbons (Fsp3) is 0.615. The molecule has 0 aromatic carbocycles. The van der Waals surface area contributed by atoms with Crippen molar-refractivity contribution in [1.29, 1.82) is 0 Å². The van der Waals surface area contributed by atoms with Crippen LogP contribution in [-0.4, -0.2) is 24.3 Å². The van der Waals surface area contributed by atoms with Gasteiger partial charge in [0.2, 0.25) is 0 Å². The summed E-state index contributed by atoms with van der Waals surface area (Å²) >= 11 is 8.62. The number of halogens is 2. The van der Waals surface area contributed by atoms with E-state index in [9.17, 15) is 4.79 Å². The Morgan fingerprint density at radius 1 is 1.45 bits per heavy atom. The van der Waals surface area contributed by atoms with Crippen LogP contribution in [0, 0.1) is 0 Å². The third-order valence-electron chi connectivity index (χ3n) is 2.27. The minimum absolute atomic E-state index is 0.169. The van der Waals surface area contributed by atoms with E-state index in [1.807, 2.05) is 27.7 Å². The molecule has 1 unspecified atom stereocenters. The third-order valence-corrected chi connectivity index (χ3v) is 5.53.